The number of allylic oxidation sites excluding steroid dienone is 2. The van der Waals surface area contributed by atoms with Crippen LogP contribution in [0.25, 0.3) is 58.9 Å². The second kappa shape index (κ2) is 9.95. The van der Waals surface area contributed by atoms with Gasteiger partial charge in [0.25, 0.3) is 0 Å². The van der Waals surface area contributed by atoms with Gasteiger partial charge in [-0.3, -0.25) is 10.7 Å². The van der Waals surface area contributed by atoms with Gasteiger partial charge in [-0.15, -0.1) is 0 Å². The van der Waals surface area contributed by atoms with E-state index in [0.29, 0.717) is 11.1 Å². The summed E-state index contributed by atoms with van der Waals surface area (Å²) in [5.41, 5.74) is 7.00. The van der Waals surface area contributed by atoms with Crippen molar-refractivity contribution in [3.8, 4) is 0 Å². The fourth-order valence-corrected chi connectivity index (χ4v) is 8.57. The summed E-state index contributed by atoms with van der Waals surface area (Å²) in [6, 6.07) is 29.3. The van der Waals surface area contributed by atoms with Gasteiger partial charge in [0, 0.05) is 66.7 Å². The molecule has 0 saturated carbocycles. The Kier molecular flexibility index (Phi) is 5.84. The number of ketones is 1. The second-order valence-electron chi connectivity index (χ2n) is 13.3. The number of carbonyl (C=O) groups excluding carboxylic acids is 1. The van der Waals surface area contributed by atoms with Crippen LogP contribution in [-0.2, 0) is 4.79 Å². The number of carbonyl (C=O) groups is 1. The molecule has 6 aromatic carbocycles. The Bertz CT molecular complexity index is 2590. The van der Waals surface area contributed by atoms with Crippen molar-refractivity contribution in [2.75, 3.05) is 61.1 Å². The number of fused-ring (bicyclic) bond motifs is 4. The molecule has 0 bridgehead atoms. The van der Waals surface area contributed by atoms with E-state index in [4.69, 9.17) is 6.57 Å². The molecule has 2 heterocycles. The molecule has 7 nitrogen and oxygen atoms in total. The molecule has 0 aromatic heterocycles. The molecule has 0 spiro atoms. The van der Waals surface area contributed by atoms with Crippen LogP contribution in [0.5, 0.6) is 0 Å². The lowest BCUT2D eigenvalue weighted by molar-refractivity contribution is -0.115. The van der Waals surface area contributed by atoms with Crippen LogP contribution in [0, 0.1) is 6.57 Å². The highest BCUT2D eigenvalue weighted by Gasteiger charge is 2.44. The molecule has 2 aliphatic heterocycles. The van der Waals surface area contributed by atoms with Crippen molar-refractivity contribution in [3.05, 3.63) is 124 Å². The number of hydrogen-bond acceptors (Lipinski definition) is 5. The van der Waals surface area contributed by atoms with Crippen LogP contribution in [-0.4, -0.2) is 53.2 Å². The number of hydrogen-bond donors (Lipinski definition) is 0. The summed E-state index contributed by atoms with van der Waals surface area (Å²) in [6.45, 7) is 9.53. The molecular formula is C41H31N6O-. The number of benzene rings is 6. The average Bonchev–Trinajstić information content (AvgIpc) is 3.09. The molecule has 6 aromatic rings. The zero-order valence-corrected chi connectivity index (χ0v) is 27.2. The van der Waals surface area contributed by atoms with E-state index in [1.165, 1.54) is 0 Å². The van der Waals surface area contributed by atoms with Crippen LogP contribution in [0.4, 0.5) is 22.7 Å². The van der Waals surface area contributed by atoms with Crippen molar-refractivity contribution in [3.63, 3.8) is 0 Å². The van der Waals surface area contributed by atoms with Gasteiger partial charge in [0.2, 0.25) is 5.70 Å². The van der Waals surface area contributed by atoms with Crippen LogP contribution in [0.3, 0.4) is 0 Å². The predicted octanol–water partition coefficient (Wildman–Crippen LogP) is 8.15. The van der Waals surface area contributed by atoms with Crippen LogP contribution < -0.4 is 19.6 Å². The first-order valence-corrected chi connectivity index (χ1v) is 16.1. The van der Waals surface area contributed by atoms with Crippen molar-refractivity contribution >= 4 is 83.1 Å². The summed E-state index contributed by atoms with van der Waals surface area (Å²) in [7, 11) is 8.36. The molecule has 9 rings (SSSR count). The third-order valence-corrected chi connectivity index (χ3v) is 10.5. The van der Waals surface area contributed by atoms with Crippen molar-refractivity contribution < 1.29 is 4.79 Å². The van der Waals surface area contributed by atoms with E-state index in [2.05, 4.69) is 119 Å². The Hall–Kier alpha value is -6.09. The third-order valence-electron chi connectivity index (χ3n) is 10.5. The summed E-state index contributed by atoms with van der Waals surface area (Å²) >= 11 is 0. The van der Waals surface area contributed by atoms with E-state index in [9.17, 15) is 10.2 Å². The Morgan fingerprint density at radius 1 is 0.729 bits per heavy atom. The van der Waals surface area contributed by atoms with E-state index in [0.717, 1.165) is 90.3 Å². The number of rotatable bonds is 3. The van der Waals surface area contributed by atoms with Gasteiger partial charge in [-0.1, -0.05) is 60.7 Å². The lowest BCUT2D eigenvalue weighted by Crippen LogP contribution is -2.37. The lowest BCUT2D eigenvalue weighted by atomic mass is 9.67. The molecule has 48 heavy (non-hydrogen) atoms. The molecule has 0 amide bonds. The highest BCUT2D eigenvalue weighted by molar-refractivity contribution is 6.38. The van der Waals surface area contributed by atoms with Gasteiger partial charge < -0.3 is 25.0 Å². The maximum atomic E-state index is 14.8. The van der Waals surface area contributed by atoms with Gasteiger partial charge in [-0.25, -0.2) is 4.85 Å². The first-order valence-electron chi connectivity index (χ1n) is 16.1. The van der Waals surface area contributed by atoms with Crippen molar-refractivity contribution in [1.82, 2.24) is 0 Å². The van der Waals surface area contributed by atoms with Crippen LogP contribution in [0.2, 0.25) is 0 Å². The molecule has 0 N–H and O–H groups in total. The topological polar surface area (TPSA) is 56.7 Å². The first kappa shape index (κ1) is 28.2. The minimum Gasteiger partial charge on any atom is -0.775 e. The average molecular weight is 624 g/mol. The lowest BCUT2D eigenvalue weighted by Gasteiger charge is -2.39. The summed E-state index contributed by atoms with van der Waals surface area (Å²) in [4.78, 5) is 27.4. The Balaban J connectivity index is 1.36. The molecule has 0 radical (unpaired) electrons. The SMILES string of the molecule is [C-]#[N+]C(=C=[N-])C1=C(c2ccc3c4c(c5ccccc5cc24)N(C)CN3C)C(=O)C1c1ccc2c3c(c4ccccc4cc13)N(C)CN2C. The molecule has 1 atom stereocenters. The van der Waals surface area contributed by atoms with Crippen LogP contribution >= 0.6 is 0 Å². The zero-order chi connectivity index (χ0) is 33.0. The first-order chi connectivity index (χ1) is 23.3. The molecule has 0 saturated heterocycles. The van der Waals surface area contributed by atoms with E-state index < -0.39 is 5.92 Å². The van der Waals surface area contributed by atoms with Crippen molar-refractivity contribution in [1.29, 1.82) is 0 Å². The van der Waals surface area contributed by atoms with E-state index in [1.54, 1.807) is 0 Å². The Morgan fingerprint density at radius 3 is 1.85 bits per heavy atom. The minimum atomic E-state index is -0.725. The molecule has 3 aliphatic rings. The normalized spacial score (nSPS) is 17.0. The zero-order valence-electron chi connectivity index (χ0n) is 27.2. The summed E-state index contributed by atoms with van der Waals surface area (Å²) in [5, 5.41) is 18.9. The maximum absolute atomic E-state index is 14.8. The number of Topliss-reactive ketones (excluding diaryl/α,β-unsaturated/α-hetero) is 1. The highest BCUT2D eigenvalue weighted by atomic mass is 16.1. The van der Waals surface area contributed by atoms with Gasteiger partial charge in [0.05, 0.1) is 37.2 Å². The molecule has 1 aliphatic carbocycles. The third kappa shape index (κ3) is 3.58. The van der Waals surface area contributed by atoms with Crippen molar-refractivity contribution in [2.24, 2.45) is 0 Å². The van der Waals surface area contributed by atoms with Crippen molar-refractivity contribution in [2.45, 2.75) is 5.92 Å². The van der Waals surface area contributed by atoms with Crippen LogP contribution in [0.15, 0.2) is 96.2 Å². The largest absolute Gasteiger partial charge is 0.775 e. The minimum absolute atomic E-state index is 0.0336. The second-order valence-corrected chi connectivity index (χ2v) is 13.3. The smallest absolute Gasteiger partial charge is 0.210 e. The van der Waals surface area contributed by atoms with E-state index in [-0.39, 0.29) is 11.5 Å². The summed E-state index contributed by atoms with van der Waals surface area (Å²) in [5.74, 6) is 1.38. The van der Waals surface area contributed by atoms with Gasteiger partial charge in [-0.2, -0.15) is 0 Å². The van der Waals surface area contributed by atoms with Crippen LogP contribution in [0.1, 0.15) is 17.0 Å². The van der Waals surface area contributed by atoms with Gasteiger partial charge >= 0.3 is 0 Å². The fourth-order valence-electron chi connectivity index (χ4n) is 8.57. The fraction of sp³-hybridized carbons (Fsp3) is 0.171. The summed E-state index contributed by atoms with van der Waals surface area (Å²) < 4.78 is 0. The maximum Gasteiger partial charge on any atom is 0.210 e. The molecule has 232 valence electrons. The van der Waals surface area contributed by atoms with Gasteiger partial charge in [-0.05, 0) is 62.5 Å². The number of nitrogens with zero attached hydrogens (tertiary/aromatic N) is 6. The summed E-state index contributed by atoms with van der Waals surface area (Å²) in [6.07, 6.45) is 0. The molecular weight excluding hydrogens is 592 g/mol. The Morgan fingerprint density at radius 2 is 1.27 bits per heavy atom. The van der Waals surface area contributed by atoms with E-state index in [1.807, 2.05) is 24.3 Å². The predicted molar refractivity (Wildman–Crippen MR) is 199 cm³/mol. The standard InChI is InChI=1S/C41H31N6O/c1-43-31(20-42)38-36(27-14-16-32-34-29(27)18-23-10-6-8-12-25(23)39(34)46(4)21-44(32)2)41(48)37(38)28-15-17-33-35-30(28)19-24-11-7-9-13-26(24)40(35)47(5)22-45(33)3/h6-19,36H,21-22H2,2-5H3/q-1. The molecule has 0 fully saturated rings. The van der Waals surface area contributed by atoms with E-state index >= 15 is 0 Å². The molecule has 7 heteroatoms. The monoisotopic (exact) mass is 623 g/mol. The number of anilines is 4. The van der Waals surface area contributed by atoms with Gasteiger partial charge in [0.15, 0.2) is 5.78 Å². The highest BCUT2D eigenvalue weighted by Crippen LogP contribution is 2.55. The van der Waals surface area contributed by atoms with Gasteiger partial charge in [0.1, 0.15) is 0 Å². The Labute approximate surface area is 278 Å². The quantitative estimate of drug-likeness (QED) is 0.113. The molecule has 1 unspecified atom stereocenters.